The fourth-order valence-corrected chi connectivity index (χ4v) is 3.18. The zero-order chi connectivity index (χ0) is 19.0. The van der Waals surface area contributed by atoms with Crippen molar-refractivity contribution in [2.24, 2.45) is 5.92 Å². The molecule has 0 aromatic heterocycles. The van der Waals surface area contributed by atoms with Crippen molar-refractivity contribution in [3.8, 4) is 0 Å². The maximum absolute atomic E-state index is 11.9. The van der Waals surface area contributed by atoms with Crippen molar-refractivity contribution in [2.75, 3.05) is 26.7 Å². The molecule has 0 aromatic rings. The van der Waals surface area contributed by atoms with Gasteiger partial charge in [0.15, 0.2) is 5.11 Å². The average Bonchev–Trinajstić information content (AvgIpc) is 2.45. The summed E-state index contributed by atoms with van der Waals surface area (Å²) in [5.41, 5.74) is -0.490. The molecule has 0 bridgehead atoms. The first kappa shape index (κ1) is 22.0. The molecule has 1 saturated heterocycles. The third-order valence-corrected chi connectivity index (χ3v) is 4.27. The Kier molecular flexibility index (Phi) is 8.93. The SMILES string of the molecule is CC(C)CC(CNC(=O)OC(C)(C)C)NC(=S)NC1CCN(C)CC1. The number of rotatable bonds is 6. The van der Waals surface area contributed by atoms with Crippen LogP contribution in [0.1, 0.15) is 53.9 Å². The van der Waals surface area contributed by atoms with Crippen LogP contribution in [0.2, 0.25) is 0 Å². The van der Waals surface area contributed by atoms with Gasteiger partial charge in [-0.1, -0.05) is 13.8 Å². The zero-order valence-electron chi connectivity index (χ0n) is 16.6. The van der Waals surface area contributed by atoms with Gasteiger partial charge < -0.3 is 25.6 Å². The van der Waals surface area contributed by atoms with Gasteiger partial charge >= 0.3 is 6.09 Å². The van der Waals surface area contributed by atoms with Gasteiger partial charge in [0.05, 0.1) is 0 Å². The second-order valence-corrected chi connectivity index (χ2v) is 8.81. The molecular formula is C18H36N4O2S. The number of nitrogens with zero attached hydrogens (tertiary/aromatic N) is 1. The molecule has 7 heteroatoms. The molecule has 0 aromatic carbocycles. The molecule has 1 amide bonds. The van der Waals surface area contributed by atoms with Crippen molar-refractivity contribution >= 4 is 23.4 Å². The monoisotopic (exact) mass is 372 g/mol. The van der Waals surface area contributed by atoms with Gasteiger partial charge in [-0.2, -0.15) is 0 Å². The number of carbonyl (C=O) groups excluding carboxylic acids is 1. The summed E-state index contributed by atoms with van der Waals surface area (Å²) in [6.45, 7) is 12.6. The lowest BCUT2D eigenvalue weighted by Crippen LogP contribution is -2.52. The molecule has 25 heavy (non-hydrogen) atoms. The first-order valence-corrected chi connectivity index (χ1v) is 9.68. The van der Waals surface area contributed by atoms with E-state index >= 15 is 0 Å². The average molecular weight is 373 g/mol. The van der Waals surface area contributed by atoms with Gasteiger partial charge in [-0.05, 0) is 78.3 Å². The fourth-order valence-electron chi connectivity index (χ4n) is 2.85. The zero-order valence-corrected chi connectivity index (χ0v) is 17.5. The van der Waals surface area contributed by atoms with Crippen LogP contribution in [0.25, 0.3) is 0 Å². The second kappa shape index (κ2) is 10.2. The molecule has 0 radical (unpaired) electrons. The predicted octanol–water partition coefficient (Wildman–Crippen LogP) is 2.48. The van der Waals surface area contributed by atoms with Crippen LogP contribution in [0.4, 0.5) is 4.79 Å². The Morgan fingerprint density at radius 1 is 1.28 bits per heavy atom. The molecule has 1 atom stereocenters. The van der Waals surface area contributed by atoms with E-state index in [9.17, 15) is 4.79 Å². The first-order valence-electron chi connectivity index (χ1n) is 9.27. The summed E-state index contributed by atoms with van der Waals surface area (Å²) in [6, 6.07) is 0.508. The summed E-state index contributed by atoms with van der Waals surface area (Å²) in [5, 5.41) is 10.3. The van der Waals surface area contributed by atoms with E-state index in [2.05, 4.69) is 41.7 Å². The van der Waals surface area contributed by atoms with E-state index in [0.717, 1.165) is 32.4 Å². The van der Waals surface area contributed by atoms with Gasteiger partial charge in [0.25, 0.3) is 0 Å². The van der Waals surface area contributed by atoms with Crippen LogP contribution in [0.5, 0.6) is 0 Å². The number of thiocarbonyl (C=S) groups is 1. The summed E-state index contributed by atoms with van der Waals surface area (Å²) in [7, 11) is 2.15. The van der Waals surface area contributed by atoms with Gasteiger partial charge in [0, 0.05) is 18.6 Å². The second-order valence-electron chi connectivity index (χ2n) is 8.40. The van der Waals surface area contributed by atoms with Crippen molar-refractivity contribution in [2.45, 2.75) is 71.6 Å². The highest BCUT2D eigenvalue weighted by atomic mass is 32.1. The summed E-state index contributed by atoms with van der Waals surface area (Å²) in [6.07, 6.45) is 2.73. The first-order chi connectivity index (χ1) is 11.5. The van der Waals surface area contributed by atoms with Crippen molar-refractivity contribution in [3.05, 3.63) is 0 Å². The Hall–Kier alpha value is -1.08. The molecule has 1 heterocycles. The molecule has 0 aliphatic carbocycles. The molecule has 146 valence electrons. The maximum Gasteiger partial charge on any atom is 0.407 e. The van der Waals surface area contributed by atoms with E-state index in [-0.39, 0.29) is 6.04 Å². The molecular weight excluding hydrogens is 336 g/mol. The molecule has 1 aliphatic rings. The number of carbonyl (C=O) groups is 1. The highest BCUT2D eigenvalue weighted by molar-refractivity contribution is 7.80. The third kappa shape index (κ3) is 10.5. The van der Waals surface area contributed by atoms with E-state index in [1.165, 1.54) is 0 Å². The lowest BCUT2D eigenvalue weighted by Gasteiger charge is -2.31. The maximum atomic E-state index is 11.9. The standard InChI is InChI=1S/C18H36N4O2S/c1-13(2)11-15(12-19-17(23)24-18(3,4)5)21-16(25)20-14-7-9-22(6)10-8-14/h13-15H,7-12H2,1-6H3,(H,19,23)(H2,20,21,25). The van der Waals surface area contributed by atoms with Gasteiger partial charge in [-0.25, -0.2) is 4.79 Å². The van der Waals surface area contributed by atoms with Crippen LogP contribution in [-0.2, 0) is 4.74 Å². The van der Waals surface area contributed by atoms with Gasteiger partial charge in [0.1, 0.15) is 5.60 Å². The lowest BCUT2D eigenvalue weighted by molar-refractivity contribution is 0.0522. The smallest absolute Gasteiger partial charge is 0.407 e. The highest BCUT2D eigenvalue weighted by Gasteiger charge is 2.20. The Balaban J connectivity index is 2.43. The van der Waals surface area contributed by atoms with Crippen LogP contribution in [0.15, 0.2) is 0 Å². The van der Waals surface area contributed by atoms with Gasteiger partial charge in [0.2, 0.25) is 0 Å². The number of hydrogen-bond donors (Lipinski definition) is 3. The largest absolute Gasteiger partial charge is 0.444 e. The predicted molar refractivity (Wildman–Crippen MR) is 107 cm³/mol. The Morgan fingerprint density at radius 2 is 1.88 bits per heavy atom. The quantitative estimate of drug-likeness (QED) is 0.623. The number of likely N-dealkylation sites (tertiary alicyclic amines) is 1. The number of alkyl carbamates (subject to hydrolysis) is 1. The van der Waals surface area contributed by atoms with Crippen molar-refractivity contribution in [1.29, 1.82) is 0 Å². The minimum Gasteiger partial charge on any atom is -0.444 e. The molecule has 1 fully saturated rings. The Bertz CT molecular complexity index is 429. The molecule has 0 spiro atoms. The Labute approximate surface area is 158 Å². The summed E-state index contributed by atoms with van der Waals surface area (Å²) >= 11 is 5.48. The van der Waals surface area contributed by atoms with Crippen LogP contribution in [0, 0.1) is 5.92 Å². The van der Waals surface area contributed by atoms with Crippen LogP contribution in [-0.4, -0.2) is 60.5 Å². The lowest BCUT2D eigenvalue weighted by atomic mass is 10.0. The number of nitrogens with one attached hydrogen (secondary N) is 3. The minimum absolute atomic E-state index is 0.0822. The van der Waals surface area contributed by atoms with Gasteiger partial charge in [-0.3, -0.25) is 0 Å². The molecule has 6 nitrogen and oxygen atoms in total. The topological polar surface area (TPSA) is 65.6 Å². The minimum atomic E-state index is -0.490. The molecule has 0 saturated carbocycles. The van der Waals surface area contributed by atoms with Gasteiger partial charge in [-0.15, -0.1) is 0 Å². The molecule has 1 rings (SSSR count). The number of ether oxygens (including phenoxy) is 1. The van der Waals surface area contributed by atoms with Crippen molar-refractivity contribution in [1.82, 2.24) is 20.9 Å². The summed E-state index contributed by atoms with van der Waals surface area (Å²) in [4.78, 5) is 14.2. The van der Waals surface area contributed by atoms with E-state index in [4.69, 9.17) is 17.0 Å². The third-order valence-electron chi connectivity index (χ3n) is 4.04. The number of amides is 1. The normalized spacial score (nSPS) is 17.9. The number of piperidine rings is 1. The summed E-state index contributed by atoms with van der Waals surface area (Å²) < 4.78 is 5.30. The molecule has 3 N–H and O–H groups in total. The van der Waals surface area contributed by atoms with E-state index in [0.29, 0.717) is 23.6 Å². The van der Waals surface area contributed by atoms with E-state index in [1.807, 2.05) is 20.8 Å². The highest BCUT2D eigenvalue weighted by Crippen LogP contribution is 2.09. The number of hydrogen-bond acceptors (Lipinski definition) is 4. The van der Waals surface area contributed by atoms with Crippen molar-refractivity contribution in [3.63, 3.8) is 0 Å². The Morgan fingerprint density at radius 3 is 2.40 bits per heavy atom. The van der Waals surface area contributed by atoms with E-state index < -0.39 is 11.7 Å². The van der Waals surface area contributed by atoms with Crippen LogP contribution >= 0.6 is 12.2 Å². The van der Waals surface area contributed by atoms with E-state index in [1.54, 1.807) is 0 Å². The molecule has 1 aliphatic heterocycles. The molecule has 1 unspecified atom stereocenters. The fraction of sp³-hybridized carbons (Fsp3) is 0.889. The van der Waals surface area contributed by atoms with Crippen molar-refractivity contribution < 1.29 is 9.53 Å². The van der Waals surface area contributed by atoms with Crippen LogP contribution in [0.3, 0.4) is 0 Å². The summed E-state index contributed by atoms with van der Waals surface area (Å²) in [5.74, 6) is 0.504. The van der Waals surface area contributed by atoms with Crippen LogP contribution < -0.4 is 16.0 Å².